The van der Waals surface area contributed by atoms with E-state index in [-0.39, 0.29) is 17.1 Å². The number of carbonyl (C=O) groups is 2. The lowest BCUT2D eigenvalue weighted by Gasteiger charge is -2.17. The summed E-state index contributed by atoms with van der Waals surface area (Å²) in [4.78, 5) is 30.8. The zero-order chi connectivity index (χ0) is 23.2. The molecule has 0 unspecified atom stereocenters. The van der Waals surface area contributed by atoms with Gasteiger partial charge in [-0.15, -0.1) is 0 Å². The first-order valence-electron chi connectivity index (χ1n) is 10.9. The first-order chi connectivity index (χ1) is 16.6. The second-order valence-electron chi connectivity index (χ2n) is 8.08. The fourth-order valence-corrected chi connectivity index (χ4v) is 4.36. The lowest BCUT2D eigenvalue weighted by atomic mass is 9.99. The van der Waals surface area contributed by atoms with Crippen LogP contribution in [0.25, 0.3) is 34.3 Å². The van der Waals surface area contributed by atoms with Crippen molar-refractivity contribution < 1.29 is 14.3 Å². The zero-order valence-electron chi connectivity index (χ0n) is 18.3. The van der Waals surface area contributed by atoms with E-state index in [4.69, 9.17) is 9.72 Å². The molecule has 3 heterocycles. The molecule has 0 saturated carbocycles. The quantitative estimate of drug-likeness (QED) is 0.165. The molecule has 2 aromatic heterocycles. The van der Waals surface area contributed by atoms with Gasteiger partial charge in [0.2, 0.25) is 5.78 Å². The van der Waals surface area contributed by atoms with Crippen molar-refractivity contribution in [1.29, 1.82) is 0 Å². The van der Waals surface area contributed by atoms with Crippen LogP contribution in [0.1, 0.15) is 16.1 Å². The lowest BCUT2D eigenvalue weighted by molar-refractivity contribution is -0.130. The first-order valence-corrected chi connectivity index (χ1v) is 10.9. The predicted molar refractivity (Wildman–Crippen MR) is 130 cm³/mol. The van der Waals surface area contributed by atoms with Crippen molar-refractivity contribution in [3.8, 4) is 22.8 Å². The molecule has 0 N–H and O–H groups in total. The largest absolute Gasteiger partial charge is 0.422 e. The average Bonchev–Trinajstić information content (AvgIpc) is 3.38. The van der Waals surface area contributed by atoms with E-state index in [2.05, 4.69) is 0 Å². The maximum atomic E-state index is 13.1. The molecule has 0 radical (unpaired) electrons. The van der Waals surface area contributed by atoms with Gasteiger partial charge in [-0.05, 0) is 36.4 Å². The van der Waals surface area contributed by atoms with E-state index in [1.54, 1.807) is 30.3 Å². The molecule has 0 atom stereocenters. The van der Waals surface area contributed by atoms with Crippen molar-refractivity contribution in [2.24, 2.45) is 7.05 Å². The molecule has 0 saturated heterocycles. The Balaban J connectivity index is 1.57. The normalized spacial score (nSPS) is 14.4. The Morgan fingerprint density at radius 1 is 0.853 bits per heavy atom. The molecular formula is C28H19N3O3. The highest BCUT2D eigenvalue weighted by Crippen LogP contribution is 2.32. The zero-order valence-corrected chi connectivity index (χ0v) is 18.3. The maximum Gasteiger partial charge on any atom is 0.347 e. The highest BCUT2D eigenvalue weighted by Gasteiger charge is 2.31. The molecule has 0 bridgehead atoms. The summed E-state index contributed by atoms with van der Waals surface area (Å²) in [7, 11) is 1.96. The molecule has 1 aliphatic rings. The van der Waals surface area contributed by atoms with Gasteiger partial charge in [-0.2, -0.15) is 0 Å². The molecule has 0 aliphatic carbocycles. The second kappa shape index (κ2) is 7.71. The van der Waals surface area contributed by atoms with Crippen LogP contribution in [0.5, 0.6) is 5.75 Å². The van der Waals surface area contributed by atoms with Gasteiger partial charge in [0, 0.05) is 18.3 Å². The van der Waals surface area contributed by atoms with Crippen molar-refractivity contribution in [3.05, 3.63) is 108 Å². The molecule has 6 rings (SSSR count). The number of rotatable bonds is 3. The van der Waals surface area contributed by atoms with Crippen molar-refractivity contribution in [2.75, 3.05) is 0 Å². The summed E-state index contributed by atoms with van der Waals surface area (Å²) >= 11 is 0. The topological polar surface area (TPSA) is 66.1 Å². The van der Waals surface area contributed by atoms with Gasteiger partial charge in [0.1, 0.15) is 17.1 Å². The van der Waals surface area contributed by atoms with Crippen LogP contribution in [0.4, 0.5) is 0 Å². The minimum atomic E-state index is -0.661. The third-order valence-corrected chi connectivity index (χ3v) is 6.01. The Bertz CT molecular complexity index is 1610. The fraction of sp³-hybridized carbons (Fsp3) is 0.0357. The number of aromatic nitrogens is 3. The van der Waals surface area contributed by atoms with Crippen LogP contribution in [0.3, 0.4) is 0 Å². The number of fused-ring (bicyclic) bond motifs is 2. The predicted octanol–water partition coefficient (Wildman–Crippen LogP) is 5.22. The van der Waals surface area contributed by atoms with E-state index >= 15 is 0 Å². The molecule has 34 heavy (non-hydrogen) atoms. The second-order valence-corrected chi connectivity index (χ2v) is 8.08. The SMILES string of the molecule is Cn1c(-c2ccccc2)nc2c1cc(/C=C1\C(=O)Oc3ccccc3C1=O)n2-c1ccccc1. The van der Waals surface area contributed by atoms with E-state index in [1.807, 2.05) is 82.9 Å². The molecule has 3 aromatic carbocycles. The van der Waals surface area contributed by atoms with E-state index in [0.717, 1.165) is 28.2 Å². The number of hydrogen-bond donors (Lipinski definition) is 0. The van der Waals surface area contributed by atoms with Gasteiger partial charge in [-0.1, -0.05) is 60.7 Å². The van der Waals surface area contributed by atoms with Crippen LogP contribution in [-0.4, -0.2) is 25.9 Å². The Morgan fingerprint density at radius 2 is 1.53 bits per heavy atom. The van der Waals surface area contributed by atoms with Gasteiger partial charge < -0.3 is 9.30 Å². The van der Waals surface area contributed by atoms with E-state index < -0.39 is 5.97 Å². The molecule has 0 spiro atoms. The van der Waals surface area contributed by atoms with E-state index in [1.165, 1.54) is 0 Å². The Kier molecular flexibility index (Phi) is 4.52. The number of nitrogens with zero attached hydrogens (tertiary/aromatic N) is 3. The molecule has 0 fully saturated rings. The number of ketones is 1. The number of ether oxygens (including phenoxy) is 1. The molecule has 6 heteroatoms. The molecule has 164 valence electrons. The lowest BCUT2D eigenvalue weighted by Crippen LogP contribution is -2.25. The van der Waals surface area contributed by atoms with Crippen molar-refractivity contribution >= 4 is 29.0 Å². The summed E-state index contributed by atoms with van der Waals surface area (Å²) in [5.74, 6) is 0.102. The third-order valence-electron chi connectivity index (χ3n) is 6.01. The van der Waals surface area contributed by atoms with Crippen molar-refractivity contribution in [3.63, 3.8) is 0 Å². The Labute approximate surface area is 195 Å². The highest BCUT2D eigenvalue weighted by molar-refractivity contribution is 6.30. The van der Waals surface area contributed by atoms with E-state index in [0.29, 0.717) is 11.3 Å². The number of esters is 1. The van der Waals surface area contributed by atoms with Crippen LogP contribution in [0.2, 0.25) is 0 Å². The highest BCUT2D eigenvalue weighted by atomic mass is 16.5. The van der Waals surface area contributed by atoms with Crippen LogP contribution in [0, 0.1) is 0 Å². The van der Waals surface area contributed by atoms with Crippen LogP contribution < -0.4 is 4.74 Å². The number of Topliss-reactive ketones (excluding diaryl/α,β-unsaturated/α-hetero) is 1. The van der Waals surface area contributed by atoms with Crippen molar-refractivity contribution in [1.82, 2.24) is 14.1 Å². The number of benzene rings is 3. The van der Waals surface area contributed by atoms with Gasteiger partial charge in [0.25, 0.3) is 0 Å². The third kappa shape index (κ3) is 3.08. The summed E-state index contributed by atoms with van der Waals surface area (Å²) < 4.78 is 9.40. The number of para-hydroxylation sites is 2. The van der Waals surface area contributed by atoms with Crippen molar-refractivity contribution in [2.45, 2.75) is 0 Å². The number of hydrogen-bond acceptors (Lipinski definition) is 4. The van der Waals surface area contributed by atoms with Crippen LogP contribution >= 0.6 is 0 Å². The molecule has 1 aliphatic heterocycles. The first kappa shape index (κ1) is 19.9. The number of imidazole rings is 1. The molecule has 0 amide bonds. The minimum absolute atomic E-state index is 0.0121. The van der Waals surface area contributed by atoms with Gasteiger partial charge in [0.05, 0.1) is 16.8 Å². The van der Waals surface area contributed by atoms with Crippen LogP contribution in [0.15, 0.2) is 96.6 Å². The van der Waals surface area contributed by atoms with E-state index in [9.17, 15) is 9.59 Å². The fourth-order valence-electron chi connectivity index (χ4n) is 4.36. The summed E-state index contributed by atoms with van der Waals surface area (Å²) in [5, 5.41) is 0. The smallest absolute Gasteiger partial charge is 0.347 e. The summed E-state index contributed by atoms with van der Waals surface area (Å²) in [6.45, 7) is 0. The Hall–Kier alpha value is -4.71. The summed E-state index contributed by atoms with van der Waals surface area (Å²) in [6.07, 6.45) is 1.59. The molecule has 6 nitrogen and oxygen atoms in total. The van der Waals surface area contributed by atoms with Gasteiger partial charge in [-0.3, -0.25) is 9.36 Å². The monoisotopic (exact) mass is 445 g/mol. The van der Waals surface area contributed by atoms with Crippen LogP contribution in [-0.2, 0) is 11.8 Å². The maximum absolute atomic E-state index is 13.1. The number of aryl methyl sites for hydroxylation is 1. The summed E-state index contributed by atoms with van der Waals surface area (Å²) in [5.41, 5.74) is 4.52. The molecular weight excluding hydrogens is 426 g/mol. The summed E-state index contributed by atoms with van der Waals surface area (Å²) in [6, 6.07) is 28.4. The molecule has 5 aromatic rings. The standard InChI is InChI=1S/C28H19N3O3/c1-30-23-17-20(16-22-25(32)21-14-8-9-15-24(21)34-28(22)33)31(19-12-6-3-7-13-19)27(23)29-26(30)18-10-4-2-5-11-18/h2-17H,1H3/b22-16-. The minimum Gasteiger partial charge on any atom is -0.422 e. The van der Waals surface area contributed by atoms with Gasteiger partial charge in [0.15, 0.2) is 5.65 Å². The van der Waals surface area contributed by atoms with Gasteiger partial charge >= 0.3 is 5.97 Å². The van der Waals surface area contributed by atoms with Gasteiger partial charge in [-0.25, -0.2) is 9.78 Å². The average molecular weight is 445 g/mol. The Morgan fingerprint density at radius 3 is 2.29 bits per heavy atom. The number of carbonyl (C=O) groups excluding carboxylic acids is 2.